The standard InChI is InChI=1S/C28H33NO4/c1-17(30)33-21-8-10-22-19(15-21)5-9-23-25-11-12-26(31)28(25,2)16-24(27(22)23)18-3-6-20(7-4-18)32-14-13-29/h3-4,6-8,10,15,23-25,27H,5,9,11-14,16,29H2,1-2H3/t23?,24-,25?,27?,28+/m1/s1. The lowest BCUT2D eigenvalue weighted by Gasteiger charge is -2.52. The van der Waals surface area contributed by atoms with Crippen LogP contribution in [0.3, 0.4) is 0 Å². The number of carbonyl (C=O) groups is 2. The second-order valence-electron chi connectivity index (χ2n) is 10.2. The highest BCUT2D eigenvalue weighted by atomic mass is 16.5. The minimum Gasteiger partial charge on any atom is -0.492 e. The highest BCUT2D eigenvalue weighted by molar-refractivity contribution is 5.87. The van der Waals surface area contributed by atoms with Gasteiger partial charge in [-0.15, -0.1) is 0 Å². The number of Topliss-reactive ketones (excluding diaryl/α,β-unsaturated/α-hetero) is 1. The Labute approximate surface area is 195 Å². The molecule has 5 atom stereocenters. The summed E-state index contributed by atoms with van der Waals surface area (Å²) in [5, 5.41) is 0. The van der Waals surface area contributed by atoms with Crippen molar-refractivity contribution in [3.05, 3.63) is 59.2 Å². The van der Waals surface area contributed by atoms with E-state index in [1.54, 1.807) is 0 Å². The zero-order chi connectivity index (χ0) is 23.2. The lowest BCUT2D eigenvalue weighted by molar-refractivity contribution is -0.132. The zero-order valence-electron chi connectivity index (χ0n) is 19.5. The van der Waals surface area contributed by atoms with Crippen LogP contribution in [0.15, 0.2) is 42.5 Å². The molecule has 2 fully saturated rings. The molecule has 2 saturated carbocycles. The van der Waals surface area contributed by atoms with E-state index in [0.717, 1.165) is 31.4 Å². The lowest BCUT2D eigenvalue weighted by atomic mass is 9.51. The first-order chi connectivity index (χ1) is 15.9. The fraction of sp³-hybridized carbons (Fsp3) is 0.500. The summed E-state index contributed by atoms with van der Waals surface area (Å²) in [6.45, 7) is 4.64. The number of esters is 1. The molecule has 0 heterocycles. The molecule has 0 aliphatic heterocycles. The van der Waals surface area contributed by atoms with Gasteiger partial charge in [-0.3, -0.25) is 9.59 Å². The van der Waals surface area contributed by atoms with Crippen LogP contribution in [0, 0.1) is 17.3 Å². The van der Waals surface area contributed by atoms with Crippen molar-refractivity contribution in [2.24, 2.45) is 23.0 Å². The second kappa shape index (κ2) is 8.60. The van der Waals surface area contributed by atoms with Crippen molar-refractivity contribution in [2.45, 2.75) is 57.8 Å². The number of benzene rings is 2. The molecule has 2 aromatic rings. The van der Waals surface area contributed by atoms with Crippen LogP contribution in [-0.4, -0.2) is 24.9 Å². The van der Waals surface area contributed by atoms with Crippen LogP contribution in [0.25, 0.3) is 0 Å². The number of ether oxygens (including phenoxy) is 2. The van der Waals surface area contributed by atoms with Gasteiger partial charge in [-0.1, -0.05) is 25.1 Å². The Balaban J connectivity index is 1.54. The molecular weight excluding hydrogens is 414 g/mol. The maximum atomic E-state index is 13.1. The molecule has 174 valence electrons. The highest BCUT2D eigenvalue weighted by Gasteiger charge is 2.57. The van der Waals surface area contributed by atoms with Gasteiger partial charge in [0.15, 0.2) is 0 Å². The number of hydrogen-bond acceptors (Lipinski definition) is 5. The van der Waals surface area contributed by atoms with Crippen molar-refractivity contribution in [2.75, 3.05) is 13.2 Å². The van der Waals surface area contributed by atoms with Crippen molar-refractivity contribution in [3.8, 4) is 11.5 Å². The predicted octanol–water partition coefficient (Wildman–Crippen LogP) is 4.77. The number of ketones is 1. The van der Waals surface area contributed by atoms with Crippen LogP contribution < -0.4 is 15.2 Å². The van der Waals surface area contributed by atoms with Gasteiger partial charge in [-0.25, -0.2) is 0 Å². The quantitative estimate of drug-likeness (QED) is 0.528. The van der Waals surface area contributed by atoms with E-state index in [-0.39, 0.29) is 17.3 Å². The summed E-state index contributed by atoms with van der Waals surface area (Å²) in [7, 11) is 0. The van der Waals surface area contributed by atoms with E-state index in [4.69, 9.17) is 15.2 Å². The molecule has 2 aromatic carbocycles. The predicted molar refractivity (Wildman–Crippen MR) is 126 cm³/mol. The van der Waals surface area contributed by atoms with Crippen LogP contribution in [-0.2, 0) is 16.0 Å². The molecule has 0 amide bonds. The third-order valence-electron chi connectivity index (χ3n) is 8.37. The number of nitrogens with two attached hydrogens (primary N) is 1. The monoisotopic (exact) mass is 447 g/mol. The topological polar surface area (TPSA) is 78.6 Å². The van der Waals surface area contributed by atoms with E-state index in [1.165, 1.54) is 23.6 Å². The Morgan fingerprint density at radius 1 is 1.09 bits per heavy atom. The fourth-order valence-electron chi connectivity index (χ4n) is 7.00. The first-order valence-corrected chi connectivity index (χ1v) is 12.2. The number of hydrogen-bond donors (Lipinski definition) is 1. The van der Waals surface area contributed by atoms with Crippen LogP contribution >= 0.6 is 0 Å². The summed E-state index contributed by atoms with van der Waals surface area (Å²) >= 11 is 0. The SMILES string of the molecule is CC(=O)Oc1ccc2c(c1)CCC1C2[C@@H](c2ccc(OCCN)cc2)C[C@]2(C)C(=O)CCC12. The molecular formula is C28H33NO4. The van der Waals surface area contributed by atoms with E-state index in [1.807, 2.05) is 24.3 Å². The Bertz CT molecular complexity index is 1060. The maximum absolute atomic E-state index is 13.1. The van der Waals surface area contributed by atoms with E-state index in [9.17, 15) is 9.59 Å². The van der Waals surface area contributed by atoms with Gasteiger partial charge in [0.1, 0.15) is 23.9 Å². The smallest absolute Gasteiger partial charge is 0.308 e. The molecule has 3 aliphatic rings. The first-order valence-electron chi connectivity index (χ1n) is 12.2. The van der Waals surface area contributed by atoms with Crippen molar-refractivity contribution < 1.29 is 19.1 Å². The van der Waals surface area contributed by atoms with Crippen molar-refractivity contribution in [3.63, 3.8) is 0 Å². The minimum atomic E-state index is -0.295. The molecule has 3 aliphatic carbocycles. The van der Waals surface area contributed by atoms with Gasteiger partial charge in [0.2, 0.25) is 0 Å². The molecule has 5 rings (SSSR count). The van der Waals surface area contributed by atoms with Gasteiger partial charge in [0.25, 0.3) is 0 Å². The summed E-state index contributed by atoms with van der Waals surface area (Å²) in [6, 6.07) is 14.5. The number of fused-ring (bicyclic) bond motifs is 5. The van der Waals surface area contributed by atoms with Crippen LogP contribution in [0.1, 0.15) is 68.1 Å². The highest BCUT2D eigenvalue weighted by Crippen LogP contribution is 2.64. The van der Waals surface area contributed by atoms with E-state index >= 15 is 0 Å². The summed E-state index contributed by atoms with van der Waals surface area (Å²) < 4.78 is 11.1. The van der Waals surface area contributed by atoms with E-state index in [2.05, 4.69) is 25.1 Å². The zero-order valence-corrected chi connectivity index (χ0v) is 19.5. The molecule has 0 saturated heterocycles. The molecule has 5 nitrogen and oxygen atoms in total. The first kappa shape index (κ1) is 22.1. The van der Waals surface area contributed by atoms with E-state index < -0.39 is 0 Å². The summed E-state index contributed by atoms with van der Waals surface area (Å²) in [5.41, 5.74) is 9.23. The Hall–Kier alpha value is -2.66. The summed E-state index contributed by atoms with van der Waals surface area (Å²) in [6.07, 6.45) is 4.64. The number of carbonyl (C=O) groups excluding carboxylic acids is 2. The fourth-order valence-corrected chi connectivity index (χ4v) is 7.00. The van der Waals surface area contributed by atoms with Crippen molar-refractivity contribution in [1.82, 2.24) is 0 Å². The molecule has 0 spiro atoms. The van der Waals surface area contributed by atoms with Gasteiger partial charge in [-0.05, 0) is 90.3 Å². The third-order valence-corrected chi connectivity index (χ3v) is 8.37. The molecule has 0 bridgehead atoms. The summed E-state index contributed by atoms with van der Waals surface area (Å²) in [4.78, 5) is 24.5. The minimum absolute atomic E-state index is 0.240. The molecule has 3 unspecified atom stereocenters. The maximum Gasteiger partial charge on any atom is 0.308 e. The Morgan fingerprint density at radius 2 is 1.85 bits per heavy atom. The van der Waals surface area contributed by atoms with Crippen LogP contribution in [0.4, 0.5) is 0 Å². The molecule has 5 heteroatoms. The van der Waals surface area contributed by atoms with Crippen molar-refractivity contribution >= 4 is 11.8 Å². The van der Waals surface area contributed by atoms with Gasteiger partial charge in [-0.2, -0.15) is 0 Å². The molecule has 33 heavy (non-hydrogen) atoms. The van der Waals surface area contributed by atoms with Crippen LogP contribution in [0.2, 0.25) is 0 Å². The van der Waals surface area contributed by atoms with E-state index in [0.29, 0.717) is 48.9 Å². The Morgan fingerprint density at radius 3 is 2.58 bits per heavy atom. The van der Waals surface area contributed by atoms with Gasteiger partial charge in [0, 0.05) is 25.3 Å². The average Bonchev–Trinajstić information content (AvgIpc) is 3.11. The second-order valence-corrected chi connectivity index (χ2v) is 10.2. The van der Waals surface area contributed by atoms with Gasteiger partial charge >= 0.3 is 5.97 Å². The molecule has 2 N–H and O–H groups in total. The Kier molecular flexibility index (Phi) is 5.77. The van der Waals surface area contributed by atoms with Gasteiger partial charge < -0.3 is 15.2 Å². The lowest BCUT2D eigenvalue weighted by Crippen LogP contribution is -2.46. The third kappa shape index (κ3) is 3.86. The average molecular weight is 448 g/mol. The largest absolute Gasteiger partial charge is 0.492 e. The normalized spacial score (nSPS) is 30.2. The number of rotatable bonds is 5. The van der Waals surface area contributed by atoms with Gasteiger partial charge in [0.05, 0.1) is 0 Å². The van der Waals surface area contributed by atoms with Crippen LogP contribution in [0.5, 0.6) is 11.5 Å². The summed E-state index contributed by atoms with van der Waals surface area (Å²) in [5.74, 6) is 3.15. The number of aryl methyl sites for hydroxylation is 1. The molecule has 0 radical (unpaired) electrons. The van der Waals surface area contributed by atoms with Crippen molar-refractivity contribution in [1.29, 1.82) is 0 Å². The molecule has 0 aromatic heterocycles.